The Morgan fingerprint density at radius 2 is 1.97 bits per heavy atom. The SMILES string of the molecule is CCCc1cc(C)[nH]c(=O)c1CNC(=O)c1cc(Br)c2ccn(CC(F)(F)F)c2c1C. The molecule has 31 heavy (non-hydrogen) atoms. The molecular formula is C22H23BrF3N3O2. The van der Waals surface area contributed by atoms with E-state index in [9.17, 15) is 22.8 Å². The highest BCUT2D eigenvalue weighted by Crippen LogP contribution is 2.32. The highest BCUT2D eigenvalue weighted by molar-refractivity contribution is 9.10. The van der Waals surface area contributed by atoms with E-state index in [2.05, 4.69) is 26.2 Å². The van der Waals surface area contributed by atoms with Crippen molar-refractivity contribution >= 4 is 32.7 Å². The summed E-state index contributed by atoms with van der Waals surface area (Å²) in [5.41, 5.74) is 2.89. The van der Waals surface area contributed by atoms with Gasteiger partial charge in [-0.15, -0.1) is 0 Å². The number of benzene rings is 1. The number of amides is 1. The number of nitrogens with zero attached hydrogens (tertiary/aromatic N) is 1. The molecule has 0 bridgehead atoms. The number of nitrogens with one attached hydrogen (secondary N) is 2. The van der Waals surface area contributed by atoms with Crippen LogP contribution in [0.5, 0.6) is 0 Å². The smallest absolute Gasteiger partial charge is 0.348 e. The Labute approximate surface area is 185 Å². The molecule has 0 aliphatic heterocycles. The molecular weight excluding hydrogens is 475 g/mol. The first kappa shape index (κ1) is 23.1. The number of carbonyl (C=O) groups excluding carboxylic acids is 1. The minimum Gasteiger partial charge on any atom is -0.348 e. The second kappa shape index (κ2) is 8.90. The number of pyridine rings is 1. The van der Waals surface area contributed by atoms with Crippen molar-refractivity contribution in [1.82, 2.24) is 14.9 Å². The third-order valence-corrected chi connectivity index (χ3v) is 5.81. The highest BCUT2D eigenvalue weighted by atomic mass is 79.9. The summed E-state index contributed by atoms with van der Waals surface area (Å²) in [5, 5.41) is 3.35. The molecule has 5 nitrogen and oxygen atoms in total. The number of aromatic nitrogens is 2. The highest BCUT2D eigenvalue weighted by Gasteiger charge is 2.29. The molecule has 0 spiro atoms. The molecule has 0 atom stereocenters. The van der Waals surface area contributed by atoms with Crippen LogP contribution < -0.4 is 10.9 Å². The van der Waals surface area contributed by atoms with E-state index in [1.807, 2.05) is 13.0 Å². The van der Waals surface area contributed by atoms with E-state index in [-0.39, 0.29) is 17.7 Å². The van der Waals surface area contributed by atoms with Gasteiger partial charge >= 0.3 is 6.18 Å². The summed E-state index contributed by atoms with van der Waals surface area (Å²) >= 11 is 3.36. The number of aryl methyl sites for hydroxylation is 3. The standard InChI is InChI=1S/C22H23BrF3N3O2/c1-4-5-14-8-12(2)28-21(31)17(14)10-27-20(30)16-9-18(23)15-6-7-29(11-22(24,25)26)19(15)13(16)3/h6-9H,4-5,10-11H2,1-3H3,(H,27,30)(H,28,31). The van der Waals surface area contributed by atoms with Gasteiger partial charge in [0, 0.05) is 39.4 Å². The predicted molar refractivity (Wildman–Crippen MR) is 117 cm³/mol. The van der Waals surface area contributed by atoms with E-state index < -0.39 is 18.6 Å². The quantitative estimate of drug-likeness (QED) is 0.494. The van der Waals surface area contributed by atoms with Crippen molar-refractivity contribution in [2.45, 2.75) is 52.9 Å². The van der Waals surface area contributed by atoms with Crippen LogP contribution in [0.3, 0.4) is 0 Å². The zero-order valence-corrected chi connectivity index (χ0v) is 19.0. The molecule has 0 unspecified atom stereocenters. The minimum atomic E-state index is -4.38. The van der Waals surface area contributed by atoms with Crippen LogP contribution in [-0.4, -0.2) is 21.6 Å². The maximum Gasteiger partial charge on any atom is 0.406 e. The van der Waals surface area contributed by atoms with Crippen LogP contribution in [0.25, 0.3) is 10.9 Å². The maximum atomic E-state index is 13.0. The van der Waals surface area contributed by atoms with Crippen molar-refractivity contribution in [2.24, 2.45) is 0 Å². The Morgan fingerprint density at radius 1 is 1.26 bits per heavy atom. The van der Waals surface area contributed by atoms with Crippen LogP contribution in [-0.2, 0) is 19.5 Å². The van der Waals surface area contributed by atoms with E-state index >= 15 is 0 Å². The van der Waals surface area contributed by atoms with Crippen molar-refractivity contribution in [1.29, 1.82) is 0 Å². The van der Waals surface area contributed by atoms with Gasteiger partial charge in [-0.1, -0.05) is 29.3 Å². The number of H-pyrrole nitrogens is 1. The molecule has 3 aromatic rings. The van der Waals surface area contributed by atoms with Gasteiger partial charge < -0.3 is 14.9 Å². The van der Waals surface area contributed by atoms with Crippen LogP contribution in [0, 0.1) is 13.8 Å². The largest absolute Gasteiger partial charge is 0.406 e. The molecule has 0 saturated carbocycles. The summed E-state index contributed by atoms with van der Waals surface area (Å²) in [4.78, 5) is 28.1. The first-order valence-electron chi connectivity index (χ1n) is 9.86. The normalized spacial score (nSPS) is 11.8. The van der Waals surface area contributed by atoms with Crippen molar-refractivity contribution in [2.75, 3.05) is 0 Å². The fourth-order valence-corrected chi connectivity index (χ4v) is 4.37. The van der Waals surface area contributed by atoms with E-state index in [0.717, 1.165) is 22.2 Å². The Balaban J connectivity index is 1.94. The second-order valence-electron chi connectivity index (χ2n) is 7.57. The van der Waals surface area contributed by atoms with Crippen molar-refractivity contribution in [3.05, 3.63) is 67.2 Å². The summed E-state index contributed by atoms with van der Waals surface area (Å²) in [5.74, 6) is -0.456. The van der Waals surface area contributed by atoms with Crippen molar-refractivity contribution in [3.63, 3.8) is 0 Å². The molecule has 0 aliphatic rings. The number of hydrogen-bond acceptors (Lipinski definition) is 2. The molecule has 0 saturated heterocycles. The third kappa shape index (κ3) is 5.03. The molecule has 3 rings (SSSR count). The lowest BCUT2D eigenvalue weighted by Gasteiger charge is -2.15. The first-order chi connectivity index (χ1) is 14.5. The molecule has 2 N–H and O–H groups in total. The van der Waals surface area contributed by atoms with Crippen LogP contribution in [0.2, 0.25) is 0 Å². The zero-order chi connectivity index (χ0) is 22.9. The van der Waals surface area contributed by atoms with Gasteiger partial charge in [-0.25, -0.2) is 0 Å². The molecule has 0 radical (unpaired) electrons. The molecule has 2 aromatic heterocycles. The third-order valence-electron chi connectivity index (χ3n) is 5.15. The number of fused-ring (bicyclic) bond motifs is 1. The molecule has 9 heteroatoms. The lowest BCUT2D eigenvalue weighted by molar-refractivity contribution is -0.139. The fourth-order valence-electron chi connectivity index (χ4n) is 3.82. The number of alkyl halides is 3. The number of rotatable bonds is 6. The van der Waals surface area contributed by atoms with Crippen molar-refractivity contribution in [3.8, 4) is 0 Å². The Kier molecular flexibility index (Phi) is 6.64. The van der Waals surface area contributed by atoms with Crippen LogP contribution in [0.1, 0.15) is 46.1 Å². The van der Waals surface area contributed by atoms with Gasteiger partial charge in [-0.2, -0.15) is 13.2 Å². The van der Waals surface area contributed by atoms with Crippen LogP contribution in [0.4, 0.5) is 13.2 Å². The minimum absolute atomic E-state index is 0.0302. The lowest BCUT2D eigenvalue weighted by atomic mass is 10.0. The summed E-state index contributed by atoms with van der Waals surface area (Å²) < 4.78 is 40.5. The molecule has 166 valence electrons. The number of halogens is 4. The second-order valence-corrected chi connectivity index (χ2v) is 8.42. The van der Waals surface area contributed by atoms with Gasteiger partial charge in [0.05, 0.1) is 5.52 Å². The monoisotopic (exact) mass is 497 g/mol. The van der Waals surface area contributed by atoms with E-state index in [1.165, 1.54) is 6.20 Å². The van der Waals surface area contributed by atoms with Gasteiger partial charge in [0.15, 0.2) is 0 Å². The van der Waals surface area contributed by atoms with E-state index in [4.69, 9.17) is 0 Å². The Morgan fingerprint density at radius 3 is 2.61 bits per heavy atom. The number of carbonyl (C=O) groups is 1. The maximum absolute atomic E-state index is 13.0. The molecule has 2 heterocycles. The van der Waals surface area contributed by atoms with Crippen molar-refractivity contribution < 1.29 is 18.0 Å². The Bertz CT molecular complexity index is 1200. The van der Waals surface area contributed by atoms with Gasteiger partial charge in [0.1, 0.15) is 6.54 Å². The molecule has 0 fully saturated rings. The van der Waals surface area contributed by atoms with Gasteiger partial charge in [0.2, 0.25) is 0 Å². The summed E-state index contributed by atoms with van der Waals surface area (Å²) in [6.07, 6.45) is -1.47. The predicted octanol–water partition coefficient (Wildman–Crippen LogP) is 5.15. The topological polar surface area (TPSA) is 66.9 Å². The van der Waals surface area contributed by atoms with E-state index in [1.54, 1.807) is 26.0 Å². The number of hydrogen-bond donors (Lipinski definition) is 2. The first-order valence-corrected chi connectivity index (χ1v) is 10.7. The zero-order valence-electron chi connectivity index (χ0n) is 17.4. The summed E-state index contributed by atoms with van der Waals surface area (Å²) in [6.45, 7) is 4.31. The van der Waals surface area contributed by atoms with Gasteiger partial charge in [-0.05, 0) is 49.6 Å². The average Bonchev–Trinajstić information content (AvgIpc) is 3.06. The summed E-state index contributed by atoms with van der Waals surface area (Å²) in [7, 11) is 0. The molecule has 1 aromatic carbocycles. The number of aromatic amines is 1. The van der Waals surface area contributed by atoms with Gasteiger partial charge in [-0.3, -0.25) is 9.59 Å². The molecule has 1 amide bonds. The fraction of sp³-hybridized carbons (Fsp3) is 0.364. The summed E-state index contributed by atoms with van der Waals surface area (Å²) in [6, 6.07) is 5.07. The van der Waals surface area contributed by atoms with Crippen LogP contribution in [0.15, 0.2) is 33.7 Å². The van der Waals surface area contributed by atoms with E-state index in [0.29, 0.717) is 32.9 Å². The van der Waals surface area contributed by atoms with Gasteiger partial charge in [0.25, 0.3) is 11.5 Å². The van der Waals surface area contributed by atoms with Crippen LogP contribution >= 0.6 is 15.9 Å². The molecule has 0 aliphatic carbocycles. The lowest BCUT2D eigenvalue weighted by Crippen LogP contribution is -2.29. The average molecular weight is 498 g/mol. The Hall–Kier alpha value is -2.55.